The molecule has 5 nitrogen and oxygen atoms in total. The first-order valence-corrected chi connectivity index (χ1v) is 12.4. The average molecular weight is 535 g/mol. The number of benzene rings is 3. The number of methoxy groups -OCH3 is 1. The first kappa shape index (κ1) is 22.6. The third kappa shape index (κ3) is 4.10. The number of aromatic nitrogens is 2. The molecule has 0 aliphatic carbocycles. The molecule has 0 radical (unpaired) electrons. The Morgan fingerprint density at radius 2 is 1.79 bits per heavy atom. The Morgan fingerprint density at radius 3 is 2.53 bits per heavy atom. The van der Waals surface area contributed by atoms with Crippen LogP contribution in [0.4, 0.5) is 0 Å². The quantitative estimate of drug-likeness (QED) is 0.289. The molecule has 0 bridgehead atoms. The molecule has 172 valence electrons. The fraction of sp³-hybridized carbons (Fsp3) is 0.185. The minimum absolute atomic E-state index is 0.0689. The Balaban J connectivity index is 1.52. The fourth-order valence-corrected chi connectivity index (χ4v) is 5.43. The van der Waals surface area contributed by atoms with Crippen LogP contribution in [0.25, 0.3) is 22.1 Å². The van der Waals surface area contributed by atoms with E-state index in [2.05, 4.69) is 46.9 Å². The highest BCUT2D eigenvalue weighted by atomic mass is 79.9. The zero-order valence-corrected chi connectivity index (χ0v) is 21.7. The van der Waals surface area contributed by atoms with Gasteiger partial charge in [-0.25, -0.2) is 9.38 Å². The number of hydrogen-bond acceptors (Lipinski definition) is 5. The van der Waals surface area contributed by atoms with Gasteiger partial charge in [-0.05, 0) is 89.3 Å². The standard InChI is InChI=1S/C27H23BrN2O3S/c1-15-5-7-18(8-6-15)14-33-25-20(28)11-19(12-23(25)32-4)13-24-26(31)30-22-10-17(3)16(2)9-21(22)29-27(30)34-24/h5-13H,14H2,1-4H3/b24-13-. The van der Waals surface area contributed by atoms with Gasteiger partial charge in [0.05, 0.1) is 27.1 Å². The molecule has 7 heteroatoms. The average Bonchev–Trinajstić information content (AvgIpc) is 3.29. The molecule has 34 heavy (non-hydrogen) atoms. The first-order valence-electron chi connectivity index (χ1n) is 10.8. The molecule has 0 saturated carbocycles. The number of halogens is 1. The summed E-state index contributed by atoms with van der Waals surface area (Å²) in [4.78, 5) is 18.6. The molecule has 0 saturated heterocycles. The zero-order valence-electron chi connectivity index (χ0n) is 19.3. The van der Waals surface area contributed by atoms with Crippen molar-refractivity contribution in [1.82, 2.24) is 9.38 Å². The molecule has 5 rings (SSSR count). The monoisotopic (exact) mass is 534 g/mol. The lowest BCUT2D eigenvalue weighted by Gasteiger charge is -2.13. The lowest BCUT2D eigenvalue weighted by Crippen LogP contribution is -2.22. The summed E-state index contributed by atoms with van der Waals surface area (Å²) in [6, 6.07) is 16.1. The van der Waals surface area contributed by atoms with Crippen molar-refractivity contribution in [3.8, 4) is 11.5 Å². The van der Waals surface area contributed by atoms with E-state index in [9.17, 15) is 4.79 Å². The van der Waals surface area contributed by atoms with Crippen LogP contribution >= 0.6 is 27.3 Å². The van der Waals surface area contributed by atoms with Gasteiger partial charge in [0.25, 0.3) is 5.56 Å². The number of thiazole rings is 1. The second kappa shape index (κ2) is 8.89. The van der Waals surface area contributed by atoms with Gasteiger partial charge in [-0.1, -0.05) is 41.2 Å². The lowest BCUT2D eigenvalue weighted by atomic mass is 10.1. The molecule has 5 aromatic rings. The van der Waals surface area contributed by atoms with Crippen LogP contribution in [0.5, 0.6) is 11.5 Å². The number of ether oxygens (including phenoxy) is 2. The van der Waals surface area contributed by atoms with Crippen molar-refractivity contribution in [3.63, 3.8) is 0 Å². The summed E-state index contributed by atoms with van der Waals surface area (Å²) in [6.07, 6.45) is 1.87. The summed E-state index contributed by atoms with van der Waals surface area (Å²) < 4.78 is 14.7. The van der Waals surface area contributed by atoms with Crippen LogP contribution in [0.3, 0.4) is 0 Å². The molecule has 0 fully saturated rings. The Morgan fingerprint density at radius 1 is 1.06 bits per heavy atom. The fourth-order valence-electron chi connectivity index (χ4n) is 3.87. The Bertz CT molecular complexity index is 1650. The predicted octanol–water partition coefficient (Wildman–Crippen LogP) is 5.73. The molecule has 0 aliphatic heterocycles. The number of hydrogen-bond donors (Lipinski definition) is 0. The SMILES string of the molecule is COc1cc(/C=c2\sc3nc4cc(C)c(C)cc4n3c2=O)cc(Br)c1OCc1ccc(C)cc1. The van der Waals surface area contributed by atoms with Gasteiger partial charge in [-0.15, -0.1) is 0 Å². The van der Waals surface area contributed by atoms with E-state index >= 15 is 0 Å². The van der Waals surface area contributed by atoms with Crippen molar-refractivity contribution < 1.29 is 9.47 Å². The number of rotatable bonds is 5. The van der Waals surface area contributed by atoms with Crippen LogP contribution in [0.2, 0.25) is 0 Å². The van der Waals surface area contributed by atoms with Crippen LogP contribution in [-0.2, 0) is 6.61 Å². The highest BCUT2D eigenvalue weighted by Gasteiger charge is 2.14. The predicted molar refractivity (Wildman–Crippen MR) is 141 cm³/mol. The van der Waals surface area contributed by atoms with Gasteiger partial charge in [0, 0.05) is 0 Å². The molecule has 2 aromatic heterocycles. The van der Waals surface area contributed by atoms with E-state index in [4.69, 9.17) is 9.47 Å². The molecule has 0 aliphatic rings. The smallest absolute Gasteiger partial charge is 0.274 e. The molecular weight excluding hydrogens is 512 g/mol. The number of imidazole rings is 1. The molecule has 0 atom stereocenters. The summed E-state index contributed by atoms with van der Waals surface area (Å²) in [5.41, 5.74) is 7.05. The van der Waals surface area contributed by atoms with Crippen LogP contribution < -0.4 is 19.6 Å². The minimum Gasteiger partial charge on any atom is -0.493 e. The van der Waals surface area contributed by atoms with Gasteiger partial charge in [0.1, 0.15) is 6.61 Å². The number of fused-ring (bicyclic) bond motifs is 3. The van der Waals surface area contributed by atoms with Crippen LogP contribution in [0.15, 0.2) is 57.8 Å². The molecule has 3 aromatic carbocycles. The maximum absolute atomic E-state index is 13.2. The summed E-state index contributed by atoms with van der Waals surface area (Å²) in [5, 5.41) is 0. The zero-order chi connectivity index (χ0) is 24.0. The molecule has 0 N–H and O–H groups in total. The van der Waals surface area contributed by atoms with E-state index in [0.29, 0.717) is 27.6 Å². The van der Waals surface area contributed by atoms with E-state index in [1.807, 2.05) is 49.4 Å². The van der Waals surface area contributed by atoms with E-state index in [-0.39, 0.29) is 5.56 Å². The van der Waals surface area contributed by atoms with E-state index in [0.717, 1.165) is 32.2 Å². The highest BCUT2D eigenvalue weighted by Crippen LogP contribution is 2.37. The third-order valence-electron chi connectivity index (χ3n) is 5.91. The van der Waals surface area contributed by atoms with E-state index in [1.54, 1.807) is 11.5 Å². The molecule has 0 amide bonds. The largest absolute Gasteiger partial charge is 0.493 e. The molecule has 0 unspecified atom stereocenters. The Labute approximate surface area is 209 Å². The van der Waals surface area contributed by atoms with Crippen LogP contribution in [0, 0.1) is 20.8 Å². The first-order chi connectivity index (χ1) is 16.3. The Hall–Kier alpha value is -3.16. The summed E-state index contributed by atoms with van der Waals surface area (Å²) in [5.74, 6) is 1.22. The van der Waals surface area contributed by atoms with Gasteiger partial charge >= 0.3 is 0 Å². The summed E-state index contributed by atoms with van der Waals surface area (Å²) >= 11 is 5.00. The topological polar surface area (TPSA) is 52.8 Å². The maximum atomic E-state index is 13.2. The second-order valence-electron chi connectivity index (χ2n) is 8.38. The van der Waals surface area contributed by atoms with Crippen molar-refractivity contribution in [3.05, 3.63) is 95.7 Å². The second-order valence-corrected chi connectivity index (χ2v) is 10.2. The maximum Gasteiger partial charge on any atom is 0.274 e. The van der Waals surface area contributed by atoms with Gasteiger partial charge in [0.15, 0.2) is 16.5 Å². The Kier molecular flexibility index (Phi) is 5.91. The van der Waals surface area contributed by atoms with Gasteiger partial charge in [-0.3, -0.25) is 4.79 Å². The third-order valence-corrected chi connectivity index (χ3v) is 7.47. The van der Waals surface area contributed by atoms with Crippen LogP contribution in [-0.4, -0.2) is 16.5 Å². The summed E-state index contributed by atoms with van der Waals surface area (Å²) in [6.45, 7) is 6.59. The molecule has 2 heterocycles. The normalized spacial score (nSPS) is 12.1. The van der Waals surface area contributed by atoms with Gasteiger partial charge in [0.2, 0.25) is 0 Å². The van der Waals surface area contributed by atoms with Crippen molar-refractivity contribution in [1.29, 1.82) is 0 Å². The van der Waals surface area contributed by atoms with Crippen molar-refractivity contribution >= 4 is 49.3 Å². The van der Waals surface area contributed by atoms with E-state index < -0.39 is 0 Å². The van der Waals surface area contributed by atoms with Crippen molar-refractivity contribution in [2.24, 2.45) is 0 Å². The number of nitrogens with zero attached hydrogens (tertiary/aromatic N) is 2. The lowest BCUT2D eigenvalue weighted by molar-refractivity contribution is 0.282. The molecule has 0 spiro atoms. The van der Waals surface area contributed by atoms with Gasteiger partial charge < -0.3 is 9.47 Å². The van der Waals surface area contributed by atoms with Gasteiger partial charge in [-0.2, -0.15) is 0 Å². The van der Waals surface area contributed by atoms with E-state index in [1.165, 1.54) is 22.5 Å². The van der Waals surface area contributed by atoms with Crippen molar-refractivity contribution in [2.45, 2.75) is 27.4 Å². The van der Waals surface area contributed by atoms with Crippen LogP contribution in [0.1, 0.15) is 27.8 Å². The molecular formula is C27H23BrN2O3S. The minimum atomic E-state index is -0.0689. The van der Waals surface area contributed by atoms with Crippen molar-refractivity contribution in [2.75, 3.05) is 7.11 Å². The summed E-state index contributed by atoms with van der Waals surface area (Å²) in [7, 11) is 1.61. The number of aryl methyl sites for hydroxylation is 3. The highest BCUT2D eigenvalue weighted by molar-refractivity contribution is 9.10.